The molecule has 9 heteroatoms. The minimum Gasteiger partial charge on any atom is -0.481 e. The summed E-state index contributed by atoms with van der Waals surface area (Å²) in [6, 6.07) is 11.2. The molecule has 42 heavy (non-hydrogen) atoms. The largest absolute Gasteiger partial charge is 0.481 e. The number of amides is 2. The maximum Gasteiger partial charge on any atom is 0.305 e. The molecule has 0 radical (unpaired) electrons. The van der Waals surface area contributed by atoms with E-state index in [2.05, 4.69) is 33.0 Å². The number of carboxylic acids is 1. The van der Waals surface area contributed by atoms with Crippen molar-refractivity contribution in [3.63, 3.8) is 0 Å². The third-order valence-corrected chi connectivity index (χ3v) is 9.01. The summed E-state index contributed by atoms with van der Waals surface area (Å²) in [6.45, 7) is 8.92. The van der Waals surface area contributed by atoms with Crippen molar-refractivity contribution in [2.45, 2.75) is 90.8 Å². The zero-order valence-electron chi connectivity index (χ0n) is 24.9. The number of hydrogen-bond acceptors (Lipinski definition) is 4. The number of carbonyl (C=O) groups is 3. The quantitative estimate of drug-likeness (QED) is 0.303. The summed E-state index contributed by atoms with van der Waals surface area (Å²) in [5.74, 6) is -1.55. The second-order valence-corrected chi connectivity index (χ2v) is 13.0. The Hall–Kier alpha value is -3.26. The maximum absolute atomic E-state index is 14.3. The van der Waals surface area contributed by atoms with Gasteiger partial charge in [-0.25, -0.2) is 4.39 Å². The van der Waals surface area contributed by atoms with Crippen molar-refractivity contribution in [1.82, 2.24) is 10.2 Å². The van der Waals surface area contributed by atoms with Gasteiger partial charge >= 0.3 is 5.97 Å². The van der Waals surface area contributed by atoms with E-state index in [1.807, 2.05) is 17.0 Å². The van der Waals surface area contributed by atoms with Gasteiger partial charge < -0.3 is 15.3 Å². The molecular formula is C33H41ClFN3O4. The highest BCUT2D eigenvalue weighted by molar-refractivity contribution is 6.47. The third-order valence-electron chi connectivity index (χ3n) is 8.72. The summed E-state index contributed by atoms with van der Waals surface area (Å²) < 4.78 is 14.0. The Morgan fingerprint density at radius 2 is 1.83 bits per heavy atom. The first-order valence-corrected chi connectivity index (χ1v) is 15.2. The number of carboxylic acid groups (broad SMARTS) is 1. The lowest BCUT2D eigenvalue weighted by Gasteiger charge is -2.47. The van der Waals surface area contributed by atoms with Crippen LogP contribution in [0.1, 0.15) is 107 Å². The number of carbonyl (C=O) groups excluding carboxylic acids is 2. The Labute approximate surface area is 252 Å². The molecule has 7 nitrogen and oxygen atoms in total. The molecule has 226 valence electrons. The van der Waals surface area contributed by atoms with Gasteiger partial charge in [-0.1, -0.05) is 64.3 Å². The second kappa shape index (κ2) is 12.9. The van der Waals surface area contributed by atoms with Crippen LogP contribution in [0.15, 0.2) is 47.5 Å². The molecule has 1 aliphatic heterocycles. The molecule has 2 N–H and O–H groups in total. The number of unbranched alkanes of at least 4 members (excludes halogenated alkanes) is 1. The van der Waals surface area contributed by atoms with Gasteiger partial charge in [-0.3, -0.25) is 19.4 Å². The average molecular weight is 598 g/mol. The van der Waals surface area contributed by atoms with E-state index in [4.69, 9.17) is 21.7 Å². The van der Waals surface area contributed by atoms with Gasteiger partial charge in [0.05, 0.1) is 17.5 Å². The topological polar surface area (TPSA) is 99.1 Å². The van der Waals surface area contributed by atoms with Crippen molar-refractivity contribution in [2.24, 2.45) is 16.3 Å². The first-order chi connectivity index (χ1) is 19.9. The van der Waals surface area contributed by atoms with Gasteiger partial charge in [0.15, 0.2) is 0 Å². The van der Waals surface area contributed by atoms with Gasteiger partial charge in [-0.05, 0) is 79.3 Å². The Balaban J connectivity index is 1.70. The standard InChI is InChI=1S/C33H41ClFN3O4/c1-5-6-7-27(21-8-10-22(11-9-21)30(41)36-19-16-28(39)40)38-31(42)29(23-12-13-26(35)25(34)20-23)37-33(38)17-14-24(15-18-33)32(2,3)4/h8-13,20,24,27H,5-7,14-19H2,1-4H3,(H,36,41)(H,39,40)/t24?,27-,33?/m1/s1. The van der Waals surface area contributed by atoms with Crippen molar-refractivity contribution in [3.05, 3.63) is 70.0 Å². The Bertz CT molecular complexity index is 1340. The molecule has 2 aliphatic rings. The lowest BCUT2D eigenvalue weighted by atomic mass is 9.69. The Kier molecular flexibility index (Phi) is 9.76. The maximum atomic E-state index is 14.3. The van der Waals surface area contributed by atoms with Crippen LogP contribution in [-0.4, -0.2) is 45.7 Å². The molecule has 1 aliphatic carbocycles. The number of aliphatic carboxylic acids is 1. The fourth-order valence-corrected chi connectivity index (χ4v) is 6.44. The average Bonchev–Trinajstić information content (AvgIpc) is 3.21. The number of benzene rings is 2. The van der Waals surface area contributed by atoms with Crippen molar-refractivity contribution >= 4 is 35.1 Å². The van der Waals surface area contributed by atoms with Crippen LogP contribution in [0.3, 0.4) is 0 Å². The van der Waals surface area contributed by atoms with Gasteiger partial charge in [-0.2, -0.15) is 0 Å². The molecule has 1 spiro atoms. The predicted molar refractivity (Wildman–Crippen MR) is 162 cm³/mol. The van der Waals surface area contributed by atoms with E-state index in [0.717, 1.165) is 50.5 Å². The number of hydrogen-bond donors (Lipinski definition) is 2. The van der Waals surface area contributed by atoms with Crippen molar-refractivity contribution in [3.8, 4) is 0 Å². The first kappa shape index (κ1) is 31.7. The highest BCUT2D eigenvalue weighted by atomic mass is 35.5. The van der Waals surface area contributed by atoms with E-state index in [0.29, 0.717) is 22.8 Å². The van der Waals surface area contributed by atoms with Crippen molar-refractivity contribution < 1.29 is 23.9 Å². The third kappa shape index (κ3) is 6.86. The smallest absolute Gasteiger partial charge is 0.305 e. The zero-order chi connectivity index (χ0) is 30.7. The van der Waals surface area contributed by atoms with E-state index in [1.54, 1.807) is 18.2 Å². The van der Waals surface area contributed by atoms with Crippen LogP contribution < -0.4 is 5.32 Å². The summed E-state index contributed by atoms with van der Waals surface area (Å²) in [4.78, 5) is 44.8. The molecule has 0 unspecified atom stereocenters. The molecule has 2 aromatic carbocycles. The molecule has 1 heterocycles. The van der Waals surface area contributed by atoms with Crippen LogP contribution in [-0.2, 0) is 9.59 Å². The predicted octanol–water partition coefficient (Wildman–Crippen LogP) is 7.18. The minimum absolute atomic E-state index is 0.0446. The monoisotopic (exact) mass is 597 g/mol. The van der Waals surface area contributed by atoms with E-state index < -0.39 is 17.4 Å². The first-order valence-electron chi connectivity index (χ1n) is 14.8. The molecular weight excluding hydrogens is 557 g/mol. The van der Waals surface area contributed by atoms with E-state index >= 15 is 0 Å². The second-order valence-electron chi connectivity index (χ2n) is 12.6. The van der Waals surface area contributed by atoms with Crippen LogP contribution in [0.2, 0.25) is 5.02 Å². The van der Waals surface area contributed by atoms with Crippen LogP contribution in [0.25, 0.3) is 0 Å². The van der Waals surface area contributed by atoms with Gasteiger partial charge in [-0.15, -0.1) is 0 Å². The fraction of sp³-hybridized carbons (Fsp3) is 0.515. The summed E-state index contributed by atoms with van der Waals surface area (Å²) in [5, 5.41) is 11.4. The van der Waals surface area contributed by atoms with E-state index in [9.17, 15) is 18.8 Å². The molecule has 1 atom stereocenters. The van der Waals surface area contributed by atoms with Crippen LogP contribution in [0.5, 0.6) is 0 Å². The molecule has 2 amide bonds. The minimum atomic E-state index is -0.977. The highest BCUT2D eigenvalue weighted by Crippen LogP contribution is 2.50. The summed E-state index contributed by atoms with van der Waals surface area (Å²) in [7, 11) is 0. The van der Waals surface area contributed by atoms with Gasteiger partial charge in [0.1, 0.15) is 17.2 Å². The molecule has 0 aromatic heterocycles. The highest BCUT2D eigenvalue weighted by Gasteiger charge is 2.52. The van der Waals surface area contributed by atoms with Crippen molar-refractivity contribution in [2.75, 3.05) is 6.54 Å². The molecule has 2 aromatic rings. The van der Waals surface area contributed by atoms with Crippen molar-refractivity contribution in [1.29, 1.82) is 0 Å². The summed E-state index contributed by atoms with van der Waals surface area (Å²) >= 11 is 6.12. The number of aliphatic imine (C=N–C) groups is 1. The Morgan fingerprint density at radius 1 is 1.17 bits per heavy atom. The summed E-state index contributed by atoms with van der Waals surface area (Å²) in [6.07, 6.45) is 5.74. The van der Waals surface area contributed by atoms with Crippen LogP contribution in [0, 0.1) is 17.2 Å². The number of nitrogens with zero attached hydrogens (tertiary/aromatic N) is 2. The zero-order valence-corrected chi connectivity index (χ0v) is 25.6. The van der Waals surface area contributed by atoms with Gasteiger partial charge in [0, 0.05) is 17.7 Å². The SMILES string of the molecule is CCCC[C@H](c1ccc(C(=O)NCCC(=O)O)cc1)N1C(=O)C(c2ccc(F)c(Cl)c2)=NC12CCC(C(C)(C)C)CC2. The van der Waals surface area contributed by atoms with E-state index in [-0.39, 0.29) is 41.3 Å². The Morgan fingerprint density at radius 3 is 2.40 bits per heavy atom. The lowest BCUT2D eigenvalue weighted by molar-refractivity contribution is -0.137. The fourth-order valence-electron chi connectivity index (χ4n) is 6.26. The van der Waals surface area contributed by atoms with E-state index in [1.165, 1.54) is 12.1 Å². The number of rotatable bonds is 10. The number of halogens is 2. The molecule has 1 saturated carbocycles. The van der Waals surface area contributed by atoms with Crippen LogP contribution in [0.4, 0.5) is 4.39 Å². The van der Waals surface area contributed by atoms with Gasteiger partial charge in [0.25, 0.3) is 11.8 Å². The van der Waals surface area contributed by atoms with Gasteiger partial charge in [0.2, 0.25) is 0 Å². The molecule has 0 bridgehead atoms. The van der Waals surface area contributed by atoms with Crippen LogP contribution >= 0.6 is 11.6 Å². The normalized spacial score (nSPS) is 21.4. The summed E-state index contributed by atoms with van der Waals surface area (Å²) in [5.41, 5.74) is 1.57. The lowest BCUT2D eigenvalue weighted by Crippen LogP contribution is -2.51. The number of nitrogens with one attached hydrogen (secondary N) is 1. The molecule has 4 rings (SSSR count). The molecule has 0 saturated heterocycles. The molecule has 1 fully saturated rings.